The molecule has 2 unspecified atom stereocenters. The van der Waals surface area contributed by atoms with Gasteiger partial charge in [-0.3, -0.25) is 14.9 Å². The highest BCUT2D eigenvalue weighted by Gasteiger charge is 2.39. The van der Waals surface area contributed by atoms with Crippen molar-refractivity contribution in [3.05, 3.63) is 65.5 Å². The van der Waals surface area contributed by atoms with Gasteiger partial charge >= 0.3 is 0 Å². The molecule has 2 heterocycles. The number of likely N-dealkylation sites (tertiary alicyclic amines) is 1. The van der Waals surface area contributed by atoms with Gasteiger partial charge in [-0.25, -0.2) is 0 Å². The maximum atomic E-state index is 4.72. The molecule has 1 aromatic heterocycles. The number of nitrogens with one attached hydrogen (secondary N) is 2. The zero-order valence-electron chi connectivity index (χ0n) is 19.2. The zero-order valence-corrected chi connectivity index (χ0v) is 19.2. The third-order valence-electron chi connectivity index (χ3n) is 6.50. The highest BCUT2D eigenvalue weighted by atomic mass is 15.2. The Kier molecular flexibility index (Phi) is 7.23. The van der Waals surface area contributed by atoms with Crippen molar-refractivity contribution in [2.75, 3.05) is 19.6 Å². The molecule has 0 bridgehead atoms. The molecule has 5 nitrogen and oxygen atoms in total. The number of hydrogen-bond donors (Lipinski definition) is 2. The van der Waals surface area contributed by atoms with Crippen molar-refractivity contribution in [1.82, 2.24) is 20.5 Å². The molecular formula is C26H37N5. The average Bonchev–Trinajstić information content (AvgIpc) is 3.55. The summed E-state index contributed by atoms with van der Waals surface area (Å²) in [5.41, 5.74) is 4.02. The molecule has 1 aliphatic heterocycles. The summed E-state index contributed by atoms with van der Waals surface area (Å²) in [4.78, 5) is 11.7. The lowest BCUT2D eigenvalue weighted by Crippen LogP contribution is -2.49. The van der Waals surface area contributed by atoms with Crippen molar-refractivity contribution < 1.29 is 0 Å². The first-order valence-corrected chi connectivity index (χ1v) is 11.9. The zero-order chi connectivity index (χ0) is 21.6. The second-order valence-electron chi connectivity index (χ2n) is 9.25. The van der Waals surface area contributed by atoms with Crippen molar-refractivity contribution in [1.29, 1.82) is 0 Å². The molecule has 1 saturated carbocycles. The summed E-state index contributed by atoms with van der Waals surface area (Å²) in [6.07, 6.45) is 5.35. The van der Waals surface area contributed by atoms with Crippen LogP contribution >= 0.6 is 0 Å². The summed E-state index contributed by atoms with van der Waals surface area (Å²) in [5.74, 6) is 2.17. The van der Waals surface area contributed by atoms with Crippen LogP contribution in [-0.2, 0) is 6.54 Å². The Morgan fingerprint density at radius 3 is 2.52 bits per heavy atom. The highest BCUT2D eigenvalue weighted by Crippen LogP contribution is 2.41. The normalized spacial score (nSPS) is 22.5. The second-order valence-corrected chi connectivity index (χ2v) is 9.25. The number of guanidine groups is 1. The Bertz CT molecular complexity index is 838. The first-order chi connectivity index (χ1) is 15.1. The first-order valence-electron chi connectivity index (χ1n) is 11.9. The molecule has 0 amide bonds. The molecule has 0 spiro atoms. The van der Waals surface area contributed by atoms with Crippen LogP contribution in [0.25, 0.3) is 0 Å². The third-order valence-corrected chi connectivity index (χ3v) is 6.50. The molecule has 0 radical (unpaired) electrons. The predicted molar refractivity (Wildman–Crippen MR) is 128 cm³/mol. The summed E-state index contributed by atoms with van der Waals surface area (Å²) >= 11 is 0. The maximum Gasteiger partial charge on any atom is 0.191 e. The van der Waals surface area contributed by atoms with Crippen LogP contribution < -0.4 is 10.6 Å². The number of hydrogen-bond acceptors (Lipinski definition) is 3. The molecule has 2 aliphatic rings. The molecule has 31 heavy (non-hydrogen) atoms. The lowest BCUT2D eigenvalue weighted by Gasteiger charge is -2.33. The predicted octanol–water partition coefficient (Wildman–Crippen LogP) is 4.28. The van der Waals surface area contributed by atoms with E-state index in [9.17, 15) is 0 Å². The van der Waals surface area contributed by atoms with E-state index in [4.69, 9.17) is 4.99 Å². The number of pyridine rings is 1. The van der Waals surface area contributed by atoms with Crippen LogP contribution in [0.5, 0.6) is 0 Å². The molecule has 2 fully saturated rings. The van der Waals surface area contributed by atoms with E-state index in [1.807, 2.05) is 12.3 Å². The minimum atomic E-state index is 0.486. The third kappa shape index (κ3) is 6.07. The van der Waals surface area contributed by atoms with Gasteiger partial charge in [-0.2, -0.15) is 0 Å². The van der Waals surface area contributed by atoms with Crippen LogP contribution in [-0.4, -0.2) is 47.6 Å². The van der Waals surface area contributed by atoms with Gasteiger partial charge in [0.1, 0.15) is 0 Å². The molecule has 2 N–H and O–H groups in total. The van der Waals surface area contributed by atoms with Gasteiger partial charge in [0.15, 0.2) is 5.96 Å². The molecule has 166 valence electrons. The SMILES string of the molecule is CCN=C(NC1CCN(Cc2ccccn2)CC1)NC1CC1c1ccc(C(C)C)cc1. The Morgan fingerprint density at radius 2 is 1.87 bits per heavy atom. The lowest BCUT2D eigenvalue weighted by atomic mass is 10.0. The van der Waals surface area contributed by atoms with Crippen molar-refractivity contribution >= 4 is 5.96 Å². The van der Waals surface area contributed by atoms with Gasteiger partial charge in [0.25, 0.3) is 0 Å². The molecule has 2 aromatic rings. The highest BCUT2D eigenvalue weighted by molar-refractivity contribution is 5.81. The van der Waals surface area contributed by atoms with Crippen molar-refractivity contribution in [3.63, 3.8) is 0 Å². The number of rotatable bonds is 7. The van der Waals surface area contributed by atoms with Gasteiger partial charge in [0.05, 0.1) is 5.69 Å². The summed E-state index contributed by atoms with van der Waals surface area (Å²) < 4.78 is 0. The first kappa shape index (κ1) is 21.8. The Labute approximate surface area is 187 Å². The number of aromatic nitrogens is 1. The largest absolute Gasteiger partial charge is 0.354 e. The van der Waals surface area contributed by atoms with Crippen LogP contribution in [0.15, 0.2) is 53.7 Å². The van der Waals surface area contributed by atoms with Crippen molar-refractivity contribution in [3.8, 4) is 0 Å². The number of benzene rings is 1. The quantitative estimate of drug-likeness (QED) is 0.520. The minimum Gasteiger partial charge on any atom is -0.354 e. The summed E-state index contributed by atoms with van der Waals surface area (Å²) in [7, 11) is 0. The molecule has 5 heteroatoms. The van der Waals surface area contributed by atoms with Crippen LogP contribution in [0.4, 0.5) is 0 Å². The number of aliphatic imine (C=N–C) groups is 1. The number of piperidine rings is 1. The standard InChI is InChI=1S/C26H37N5/c1-4-27-26(30-25-17-24(25)21-10-8-20(9-11-21)19(2)3)29-22-12-15-31(16-13-22)18-23-7-5-6-14-28-23/h5-11,14,19,22,24-25H,4,12-13,15-18H2,1-3H3,(H2,27,29,30). The van der Waals surface area contributed by atoms with E-state index < -0.39 is 0 Å². The van der Waals surface area contributed by atoms with Gasteiger partial charge < -0.3 is 10.6 Å². The Balaban J connectivity index is 1.24. The van der Waals surface area contributed by atoms with Crippen LogP contribution in [0, 0.1) is 0 Å². The van der Waals surface area contributed by atoms with Gasteiger partial charge in [0, 0.05) is 50.4 Å². The average molecular weight is 420 g/mol. The van der Waals surface area contributed by atoms with Crippen LogP contribution in [0.3, 0.4) is 0 Å². The van der Waals surface area contributed by atoms with E-state index in [0.29, 0.717) is 23.9 Å². The fourth-order valence-corrected chi connectivity index (χ4v) is 4.47. The van der Waals surface area contributed by atoms with Crippen molar-refractivity contribution in [2.24, 2.45) is 4.99 Å². The van der Waals surface area contributed by atoms with Gasteiger partial charge in [-0.15, -0.1) is 0 Å². The van der Waals surface area contributed by atoms with Crippen molar-refractivity contribution in [2.45, 2.75) is 70.5 Å². The second kappa shape index (κ2) is 10.3. The lowest BCUT2D eigenvalue weighted by molar-refractivity contribution is 0.196. The fourth-order valence-electron chi connectivity index (χ4n) is 4.47. The maximum absolute atomic E-state index is 4.72. The van der Waals surface area contributed by atoms with Gasteiger partial charge in [-0.05, 0) is 55.4 Å². The van der Waals surface area contributed by atoms with Gasteiger partial charge in [-0.1, -0.05) is 44.2 Å². The smallest absolute Gasteiger partial charge is 0.191 e. The van der Waals surface area contributed by atoms with E-state index in [1.54, 1.807) is 0 Å². The van der Waals surface area contributed by atoms with E-state index in [0.717, 1.165) is 50.7 Å². The minimum absolute atomic E-state index is 0.486. The van der Waals surface area contributed by atoms with E-state index in [1.165, 1.54) is 17.5 Å². The van der Waals surface area contributed by atoms with E-state index >= 15 is 0 Å². The molecule has 4 rings (SSSR count). The summed E-state index contributed by atoms with van der Waals surface area (Å²) in [6, 6.07) is 16.3. The molecule has 1 aromatic carbocycles. The van der Waals surface area contributed by atoms with Crippen LogP contribution in [0.2, 0.25) is 0 Å². The van der Waals surface area contributed by atoms with E-state index in [-0.39, 0.29) is 0 Å². The van der Waals surface area contributed by atoms with Crippen LogP contribution in [0.1, 0.15) is 68.7 Å². The molecular weight excluding hydrogens is 382 g/mol. The van der Waals surface area contributed by atoms with Gasteiger partial charge in [0.2, 0.25) is 0 Å². The molecule has 1 saturated heterocycles. The Hall–Kier alpha value is -2.40. The topological polar surface area (TPSA) is 52.6 Å². The van der Waals surface area contributed by atoms with E-state index in [2.05, 4.69) is 77.7 Å². The number of nitrogens with zero attached hydrogens (tertiary/aromatic N) is 3. The summed E-state index contributed by atoms with van der Waals surface area (Å²) in [5, 5.41) is 7.40. The summed E-state index contributed by atoms with van der Waals surface area (Å²) in [6.45, 7) is 10.5. The monoisotopic (exact) mass is 419 g/mol. The Morgan fingerprint density at radius 1 is 1.10 bits per heavy atom. The molecule has 2 atom stereocenters. The fraction of sp³-hybridized carbons (Fsp3) is 0.538. The molecule has 1 aliphatic carbocycles.